The topological polar surface area (TPSA) is 98.2 Å². The zero-order valence-electron chi connectivity index (χ0n) is 19.4. The number of ketones is 1. The summed E-state index contributed by atoms with van der Waals surface area (Å²) < 4.78 is 18.2. The van der Waals surface area contributed by atoms with Crippen LogP contribution in [0.1, 0.15) is 17.2 Å². The van der Waals surface area contributed by atoms with Crippen molar-refractivity contribution in [3.8, 4) is 17.2 Å². The molecule has 186 valence electrons. The first-order valence-corrected chi connectivity index (χ1v) is 13.0. The standard InChI is InChI=1S/C27H19BrN2O6S/c1-34-17-7-8-18-21(13-17)37-27(29-18)30-23(14-2-5-16(28)6-3-14)22(25(32)26(30)33)24(31)15-4-9-19-20(12-15)36-11-10-35-19/h2-9,12-13,23,31H,10-11H2,1H3/b24-22+/t23-/m0/s1. The van der Waals surface area contributed by atoms with E-state index in [2.05, 4.69) is 20.9 Å². The van der Waals surface area contributed by atoms with Crippen molar-refractivity contribution in [1.82, 2.24) is 4.98 Å². The normalized spacial score (nSPS) is 18.4. The van der Waals surface area contributed by atoms with Crippen LogP contribution in [0, 0.1) is 0 Å². The Morgan fingerprint density at radius 3 is 2.57 bits per heavy atom. The molecule has 0 saturated carbocycles. The number of carbonyl (C=O) groups is 2. The monoisotopic (exact) mass is 578 g/mol. The summed E-state index contributed by atoms with van der Waals surface area (Å²) in [6.45, 7) is 0.809. The Labute approximate surface area is 223 Å². The first-order valence-electron chi connectivity index (χ1n) is 11.4. The number of benzene rings is 3. The van der Waals surface area contributed by atoms with Crippen LogP contribution in [0.3, 0.4) is 0 Å². The maximum Gasteiger partial charge on any atom is 0.301 e. The molecule has 37 heavy (non-hydrogen) atoms. The largest absolute Gasteiger partial charge is 0.507 e. The quantitative estimate of drug-likeness (QED) is 0.195. The van der Waals surface area contributed by atoms with Gasteiger partial charge in [-0.1, -0.05) is 39.4 Å². The van der Waals surface area contributed by atoms with Gasteiger partial charge in [0.1, 0.15) is 24.7 Å². The third kappa shape index (κ3) is 4.02. The van der Waals surface area contributed by atoms with E-state index in [0.717, 1.165) is 9.17 Å². The highest BCUT2D eigenvalue weighted by Gasteiger charge is 2.48. The van der Waals surface area contributed by atoms with Crippen molar-refractivity contribution in [2.24, 2.45) is 0 Å². The van der Waals surface area contributed by atoms with Gasteiger partial charge in [-0.3, -0.25) is 14.5 Å². The lowest BCUT2D eigenvalue weighted by Crippen LogP contribution is -2.29. The number of fused-ring (bicyclic) bond motifs is 2. The Balaban J connectivity index is 1.52. The van der Waals surface area contributed by atoms with Crippen molar-refractivity contribution < 1.29 is 28.9 Å². The maximum absolute atomic E-state index is 13.5. The summed E-state index contributed by atoms with van der Waals surface area (Å²) in [5, 5.41) is 11.8. The number of hydrogen-bond acceptors (Lipinski definition) is 8. The van der Waals surface area contributed by atoms with Crippen LogP contribution in [0.15, 0.2) is 70.7 Å². The smallest absolute Gasteiger partial charge is 0.301 e. The number of hydrogen-bond donors (Lipinski definition) is 1. The van der Waals surface area contributed by atoms with Gasteiger partial charge in [-0.15, -0.1) is 0 Å². The molecule has 1 fully saturated rings. The van der Waals surface area contributed by atoms with E-state index in [1.54, 1.807) is 49.6 Å². The van der Waals surface area contributed by atoms with Gasteiger partial charge < -0.3 is 19.3 Å². The Morgan fingerprint density at radius 2 is 1.81 bits per heavy atom. The van der Waals surface area contributed by atoms with Crippen LogP contribution in [0.2, 0.25) is 0 Å². The van der Waals surface area contributed by atoms with Gasteiger partial charge in [0.25, 0.3) is 5.78 Å². The van der Waals surface area contributed by atoms with Gasteiger partial charge in [-0.25, -0.2) is 4.98 Å². The van der Waals surface area contributed by atoms with Crippen LogP contribution in [-0.2, 0) is 9.59 Å². The Kier molecular flexibility index (Phi) is 5.85. The second-order valence-electron chi connectivity index (χ2n) is 8.41. The Morgan fingerprint density at radius 1 is 1.05 bits per heavy atom. The summed E-state index contributed by atoms with van der Waals surface area (Å²) in [6.07, 6.45) is 0. The minimum absolute atomic E-state index is 0.0270. The molecule has 1 saturated heterocycles. The van der Waals surface area contributed by atoms with Crippen LogP contribution in [0.5, 0.6) is 17.2 Å². The van der Waals surface area contributed by atoms with E-state index >= 15 is 0 Å². The number of ether oxygens (including phenoxy) is 3. The van der Waals surface area contributed by atoms with Crippen LogP contribution in [-0.4, -0.2) is 42.1 Å². The fraction of sp³-hybridized carbons (Fsp3) is 0.148. The Bertz CT molecular complexity index is 1600. The van der Waals surface area contributed by atoms with Crippen LogP contribution in [0.25, 0.3) is 16.0 Å². The molecule has 0 radical (unpaired) electrons. The first-order chi connectivity index (χ1) is 17.9. The Hall–Kier alpha value is -3.89. The van der Waals surface area contributed by atoms with E-state index in [0.29, 0.717) is 52.2 Å². The number of aliphatic hydroxyl groups excluding tert-OH is 1. The molecule has 0 unspecified atom stereocenters. The molecule has 1 aromatic heterocycles. The molecule has 4 aromatic rings. The van der Waals surface area contributed by atoms with Crippen molar-refractivity contribution in [3.05, 3.63) is 81.8 Å². The second kappa shape index (κ2) is 9.20. The van der Waals surface area contributed by atoms with E-state index in [1.807, 2.05) is 18.2 Å². The number of methoxy groups -OCH3 is 1. The van der Waals surface area contributed by atoms with Crippen molar-refractivity contribution >= 4 is 60.1 Å². The molecule has 8 nitrogen and oxygen atoms in total. The highest BCUT2D eigenvalue weighted by Crippen LogP contribution is 2.45. The van der Waals surface area contributed by atoms with Crippen LogP contribution >= 0.6 is 27.3 Å². The number of thiazole rings is 1. The summed E-state index contributed by atoms with van der Waals surface area (Å²) >= 11 is 4.70. The number of Topliss-reactive ketones (excluding diaryl/α,β-unsaturated/α-hetero) is 1. The number of aliphatic hydroxyl groups is 1. The molecule has 3 heterocycles. The first kappa shape index (κ1) is 23.5. The molecule has 0 spiro atoms. The van der Waals surface area contributed by atoms with Crippen LogP contribution in [0.4, 0.5) is 5.13 Å². The molecular weight excluding hydrogens is 560 g/mol. The SMILES string of the molecule is COc1ccc2nc(N3C(=O)C(=O)/C(=C(/O)c4ccc5c(c4)OCCO5)[C@@H]3c3ccc(Br)cc3)sc2c1. The van der Waals surface area contributed by atoms with Crippen molar-refractivity contribution in [3.63, 3.8) is 0 Å². The summed E-state index contributed by atoms with van der Waals surface area (Å²) in [7, 11) is 1.58. The van der Waals surface area contributed by atoms with E-state index < -0.39 is 17.7 Å². The maximum atomic E-state index is 13.5. The second-order valence-corrected chi connectivity index (χ2v) is 10.3. The molecule has 10 heteroatoms. The van der Waals surface area contributed by atoms with Crippen LogP contribution < -0.4 is 19.1 Å². The molecule has 1 atom stereocenters. The van der Waals surface area contributed by atoms with E-state index in [-0.39, 0.29) is 11.3 Å². The van der Waals surface area contributed by atoms with Gasteiger partial charge >= 0.3 is 5.91 Å². The van der Waals surface area contributed by atoms with Gasteiger partial charge in [-0.05, 0) is 54.1 Å². The number of aromatic nitrogens is 1. The number of carbonyl (C=O) groups excluding carboxylic acids is 2. The average Bonchev–Trinajstić information content (AvgIpc) is 3.46. The lowest BCUT2D eigenvalue weighted by atomic mass is 9.95. The molecule has 1 N–H and O–H groups in total. The van der Waals surface area contributed by atoms with Gasteiger partial charge in [0.2, 0.25) is 0 Å². The molecule has 2 aliphatic heterocycles. The number of amides is 1. The van der Waals surface area contributed by atoms with E-state index in [9.17, 15) is 14.7 Å². The summed E-state index contributed by atoms with van der Waals surface area (Å²) in [5.41, 5.74) is 1.64. The van der Waals surface area contributed by atoms with Gasteiger partial charge in [-0.2, -0.15) is 0 Å². The number of nitrogens with zero attached hydrogens (tertiary/aromatic N) is 2. The molecule has 0 aliphatic carbocycles. The lowest BCUT2D eigenvalue weighted by Gasteiger charge is -2.23. The van der Waals surface area contributed by atoms with Crippen molar-refractivity contribution in [2.45, 2.75) is 6.04 Å². The lowest BCUT2D eigenvalue weighted by molar-refractivity contribution is -0.132. The minimum atomic E-state index is -0.885. The van der Waals surface area contributed by atoms with Gasteiger partial charge in [0.15, 0.2) is 16.6 Å². The summed E-state index contributed by atoms with van der Waals surface area (Å²) in [4.78, 5) is 32.9. The summed E-state index contributed by atoms with van der Waals surface area (Å²) in [6, 6.07) is 16.7. The predicted octanol–water partition coefficient (Wildman–Crippen LogP) is 5.46. The average molecular weight is 579 g/mol. The molecule has 3 aromatic carbocycles. The highest BCUT2D eigenvalue weighted by atomic mass is 79.9. The number of anilines is 1. The highest BCUT2D eigenvalue weighted by molar-refractivity contribution is 9.10. The fourth-order valence-electron chi connectivity index (χ4n) is 4.46. The molecule has 2 aliphatic rings. The zero-order chi connectivity index (χ0) is 25.7. The van der Waals surface area contributed by atoms with E-state index in [4.69, 9.17) is 14.2 Å². The fourth-order valence-corrected chi connectivity index (χ4v) is 5.74. The predicted molar refractivity (Wildman–Crippen MR) is 143 cm³/mol. The van der Waals surface area contributed by atoms with Crippen molar-refractivity contribution in [1.29, 1.82) is 0 Å². The van der Waals surface area contributed by atoms with Crippen molar-refractivity contribution in [2.75, 3.05) is 25.2 Å². The minimum Gasteiger partial charge on any atom is -0.507 e. The summed E-state index contributed by atoms with van der Waals surface area (Å²) in [5.74, 6) is -0.182. The van der Waals surface area contributed by atoms with Gasteiger partial charge in [0.05, 0.1) is 28.9 Å². The third-order valence-corrected chi connectivity index (χ3v) is 7.78. The molecule has 6 rings (SSSR count). The molecule has 1 amide bonds. The van der Waals surface area contributed by atoms with E-state index in [1.165, 1.54) is 16.2 Å². The zero-order valence-corrected chi connectivity index (χ0v) is 21.8. The molecule has 0 bridgehead atoms. The van der Waals surface area contributed by atoms with Gasteiger partial charge in [0, 0.05) is 10.0 Å². The number of halogens is 1. The third-order valence-electron chi connectivity index (χ3n) is 6.24. The molecular formula is C27H19BrN2O6S. The number of rotatable bonds is 4.